The summed E-state index contributed by atoms with van der Waals surface area (Å²) in [5, 5.41) is 7.55. The topological polar surface area (TPSA) is 39.1 Å². The number of hydrogen-bond acceptors (Lipinski definition) is 3. The van der Waals surface area contributed by atoms with Gasteiger partial charge in [0.1, 0.15) is 5.75 Å². The Balaban J connectivity index is 2.07. The Labute approximate surface area is 110 Å². The molecule has 0 saturated heterocycles. The molecule has 0 unspecified atom stereocenters. The van der Waals surface area contributed by atoms with Crippen LogP contribution >= 0.6 is 0 Å². The lowest BCUT2D eigenvalue weighted by Gasteiger charge is -2.05. The second-order valence-electron chi connectivity index (χ2n) is 3.90. The van der Waals surface area contributed by atoms with E-state index in [0.717, 1.165) is 17.9 Å². The van der Waals surface area contributed by atoms with E-state index in [-0.39, 0.29) is 5.75 Å². The molecule has 4 nitrogen and oxygen atoms in total. The minimum Gasteiger partial charge on any atom is -0.435 e. The number of aromatic nitrogens is 2. The largest absolute Gasteiger partial charge is 0.435 e. The Bertz CT molecular complexity index is 511. The summed E-state index contributed by atoms with van der Waals surface area (Å²) in [5.41, 5.74) is 1.72. The number of nitrogens with one attached hydrogen (secondary N) is 1. The summed E-state index contributed by atoms with van der Waals surface area (Å²) in [4.78, 5) is 0. The van der Waals surface area contributed by atoms with Gasteiger partial charge in [-0.1, -0.05) is 6.92 Å². The first kappa shape index (κ1) is 13.5. The summed E-state index contributed by atoms with van der Waals surface area (Å²) >= 11 is 0. The Morgan fingerprint density at radius 1 is 1.26 bits per heavy atom. The van der Waals surface area contributed by atoms with Crippen molar-refractivity contribution in [2.75, 3.05) is 6.54 Å². The van der Waals surface area contributed by atoms with E-state index in [4.69, 9.17) is 0 Å². The van der Waals surface area contributed by atoms with Crippen LogP contribution in [0.2, 0.25) is 0 Å². The van der Waals surface area contributed by atoms with Crippen molar-refractivity contribution in [2.24, 2.45) is 0 Å². The van der Waals surface area contributed by atoms with E-state index in [1.54, 1.807) is 16.8 Å². The van der Waals surface area contributed by atoms with E-state index in [9.17, 15) is 8.78 Å². The van der Waals surface area contributed by atoms with Gasteiger partial charge in [-0.2, -0.15) is 13.9 Å². The number of alkyl halides is 2. The summed E-state index contributed by atoms with van der Waals surface area (Å²) < 4.78 is 30.0. The Morgan fingerprint density at radius 2 is 2.00 bits per heavy atom. The van der Waals surface area contributed by atoms with E-state index in [1.165, 1.54) is 12.1 Å². The van der Waals surface area contributed by atoms with E-state index in [2.05, 4.69) is 15.2 Å². The number of rotatable bonds is 6. The zero-order valence-electron chi connectivity index (χ0n) is 10.5. The van der Waals surface area contributed by atoms with Crippen LogP contribution in [0.15, 0.2) is 36.5 Å². The van der Waals surface area contributed by atoms with Crippen molar-refractivity contribution in [2.45, 2.75) is 20.1 Å². The molecule has 1 aromatic heterocycles. The first-order valence-corrected chi connectivity index (χ1v) is 5.99. The van der Waals surface area contributed by atoms with Gasteiger partial charge in [0.25, 0.3) is 0 Å². The number of benzene rings is 1. The first-order valence-electron chi connectivity index (χ1n) is 5.99. The van der Waals surface area contributed by atoms with Crippen LogP contribution in [0.5, 0.6) is 5.75 Å². The maximum Gasteiger partial charge on any atom is 0.387 e. The predicted molar refractivity (Wildman–Crippen MR) is 67.6 cm³/mol. The molecule has 0 spiro atoms. The van der Waals surface area contributed by atoms with Gasteiger partial charge in [0, 0.05) is 12.7 Å². The van der Waals surface area contributed by atoms with Gasteiger partial charge < -0.3 is 10.1 Å². The Hall–Kier alpha value is -1.95. The van der Waals surface area contributed by atoms with Gasteiger partial charge in [0.05, 0.1) is 11.4 Å². The quantitative estimate of drug-likeness (QED) is 0.874. The molecule has 6 heteroatoms. The lowest BCUT2D eigenvalue weighted by atomic mass is 10.3. The second kappa shape index (κ2) is 6.29. The van der Waals surface area contributed by atoms with Gasteiger partial charge >= 0.3 is 6.61 Å². The van der Waals surface area contributed by atoms with Gasteiger partial charge in [-0.3, -0.25) is 0 Å². The molecule has 0 saturated carbocycles. The first-order chi connectivity index (χ1) is 9.19. The lowest BCUT2D eigenvalue weighted by molar-refractivity contribution is -0.0498. The number of halogens is 2. The summed E-state index contributed by atoms with van der Waals surface area (Å²) in [6.07, 6.45) is 1.83. The molecular formula is C13H15F2N3O. The monoisotopic (exact) mass is 267 g/mol. The summed E-state index contributed by atoms with van der Waals surface area (Å²) in [6.45, 7) is 0.809. The fraction of sp³-hybridized carbons (Fsp3) is 0.308. The molecule has 0 atom stereocenters. The summed E-state index contributed by atoms with van der Waals surface area (Å²) in [5.74, 6) is 0.138. The van der Waals surface area contributed by atoms with Gasteiger partial charge in [0.2, 0.25) is 0 Å². The molecule has 1 N–H and O–H groups in total. The third kappa shape index (κ3) is 3.75. The minimum absolute atomic E-state index is 0.138. The number of hydrogen-bond donors (Lipinski definition) is 1. The van der Waals surface area contributed by atoms with Crippen LogP contribution in [-0.2, 0) is 6.54 Å². The highest BCUT2D eigenvalue weighted by Crippen LogP contribution is 2.17. The maximum atomic E-state index is 12.0. The third-order valence-electron chi connectivity index (χ3n) is 2.53. The van der Waals surface area contributed by atoms with Crippen molar-refractivity contribution in [1.82, 2.24) is 15.1 Å². The fourth-order valence-corrected chi connectivity index (χ4v) is 1.63. The predicted octanol–water partition coefficient (Wildman–Crippen LogP) is 2.58. The summed E-state index contributed by atoms with van der Waals surface area (Å²) in [7, 11) is 0. The SMILES string of the molecule is CCNCc1ccn(-c2ccc(OC(F)F)cc2)n1. The van der Waals surface area contributed by atoms with Crippen molar-refractivity contribution in [3.8, 4) is 11.4 Å². The van der Waals surface area contributed by atoms with Crippen molar-refractivity contribution < 1.29 is 13.5 Å². The minimum atomic E-state index is -2.80. The lowest BCUT2D eigenvalue weighted by Crippen LogP contribution is -2.12. The van der Waals surface area contributed by atoms with Crippen LogP contribution in [0, 0.1) is 0 Å². The summed E-state index contributed by atoms with van der Waals surface area (Å²) in [6, 6.07) is 8.26. The molecule has 0 fully saturated rings. The molecule has 1 heterocycles. The normalized spacial score (nSPS) is 10.9. The smallest absolute Gasteiger partial charge is 0.387 e. The highest BCUT2D eigenvalue weighted by Gasteiger charge is 2.05. The average molecular weight is 267 g/mol. The Morgan fingerprint density at radius 3 is 2.63 bits per heavy atom. The van der Waals surface area contributed by atoms with Gasteiger partial charge in [-0.25, -0.2) is 4.68 Å². The zero-order chi connectivity index (χ0) is 13.7. The van der Waals surface area contributed by atoms with E-state index in [1.807, 2.05) is 19.2 Å². The number of ether oxygens (including phenoxy) is 1. The maximum absolute atomic E-state index is 12.0. The van der Waals surface area contributed by atoms with Crippen molar-refractivity contribution in [1.29, 1.82) is 0 Å². The highest BCUT2D eigenvalue weighted by atomic mass is 19.3. The van der Waals surface area contributed by atoms with Gasteiger partial charge in [-0.15, -0.1) is 0 Å². The molecular weight excluding hydrogens is 252 g/mol. The second-order valence-corrected chi connectivity index (χ2v) is 3.90. The molecule has 0 aliphatic heterocycles. The molecule has 0 amide bonds. The fourth-order valence-electron chi connectivity index (χ4n) is 1.63. The van der Waals surface area contributed by atoms with E-state index in [0.29, 0.717) is 6.54 Å². The van der Waals surface area contributed by atoms with E-state index < -0.39 is 6.61 Å². The molecule has 2 rings (SSSR count). The van der Waals surface area contributed by atoms with Gasteiger partial charge in [-0.05, 0) is 36.9 Å². The van der Waals surface area contributed by atoms with Crippen LogP contribution in [0.25, 0.3) is 5.69 Å². The van der Waals surface area contributed by atoms with Crippen LogP contribution in [0.1, 0.15) is 12.6 Å². The van der Waals surface area contributed by atoms with Crippen LogP contribution in [0.4, 0.5) is 8.78 Å². The molecule has 102 valence electrons. The zero-order valence-corrected chi connectivity index (χ0v) is 10.5. The Kier molecular flexibility index (Phi) is 4.46. The molecule has 0 radical (unpaired) electrons. The van der Waals surface area contributed by atoms with E-state index >= 15 is 0 Å². The molecule has 19 heavy (non-hydrogen) atoms. The number of nitrogens with zero attached hydrogens (tertiary/aromatic N) is 2. The van der Waals surface area contributed by atoms with Crippen molar-refractivity contribution >= 4 is 0 Å². The average Bonchev–Trinajstić information content (AvgIpc) is 2.85. The van der Waals surface area contributed by atoms with Crippen molar-refractivity contribution in [3.05, 3.63) is 42.2 Å². The third-order valence-corrected chi connectivity index (χ3v) is 2.53. The molecule has 0 bridgehead atoms. The molecule has 2 aromatic rings. The van der Waals surface area contributed by atoms with Crippen LogP contribution in [-0.4, -0.2) is 22.9 Å². The van der Waals surface area contributed by atoms with Crippen LogP contribution in [0.3, 0.4) is 0 Å². The molecule has 0 aliphatic rings. The van der Waals surface area contributed by atoms with Crippen molar-refractivity contribution in [3.63, 3.8) is 0 Å². The van der Waals surface area contributed by atoms with Crippen LogP contribution < -0.4 is 10.1 Å². The standard InChI is InChI=1S/C13H15F2N3O/c1-2-16-9-10-7-8-18(17-10)11-3-5-12(6-4-11)19-13(14)15/h3-8,13,16H,2,9H2,1H3. The van der Waals surface area contributed by atoms with Gasteiger partial charge in [0.15, 0.2) is 0 Å². The molecule has 0 aliphatic carbocycles. The molecule has 1 aromatic carbocycles. The highest BCUT2D eigenvalue weighted by molar-refractivity contribution is 5.36.